The molecule has 0 radical (unpaired) electrons. The maximum atomic E-state index is 13.7. The number of ether oxygens (including phenoxy) is 1. The number of carboxylic acids is 1. The summed E-state index contributed by atoms with van der Waals surface area (Å²) in [7, 11) is 0. The summed E-state index contributed by atoms with van der Waals surface area (Å²) < 4.78 is 18.4. The number of hydroxylamine groups is 2. The molecule has 2 atom stereocenters. The van der Waals surface area contributed by atoms with Gasteiger partial charge in [-0.15, -0.1) is 5.06 Å². The number of nitrogens with zero attached hydrogens (tertiary/aromatic N) is 2. The molecule has 8 nitrogen and oxygen atoms in total. The van der Waals surface area contributed by atoms with E-state index >= 15 is 0 Å². The Labute approximate surface area is 160 Å². The lowest BCUT2D eigenvalue weighted by Crippen LogP contribution is -2.49. The van der Waals surface area contributed by atoms with Gasteiger partial charge in [0.15, 0.2) is 6.61 Å². The van der Waals surface area contributed by atoms with Gasteiger partial charge < -0.3 is 14.7 Å². The number of hydrogen-bond donors (Lipinski definition) is 1. The minimum absolute atomic E-state index is 0.0680. The molecular weight excluding hydrogens is 371 g/mol. The molecular formula is C19H21FN2O6. The van der Waals surface area contributed by atoms with Crippen molar-refractivity contribution in [3.63, 3.8) is 0 Å². The Bertz CT molecular complexity index is 812. The molecule has 1 N–H and O–H groups in total. The predicted octanol–water partition coefficient (Wildman–Crippen LogP) is 3.09. The maximum Gasteiger partial charge on any atom is 0.444 e. The molecule has 1 aliphatic heterocycles. The molecule has 0 aromatic heterocycles. The fraction of sp³-hybridized carbons (Fsp3) is 0.526. The van der Waals surface area contributed by atoms with E-state index in [9.17, 15) is 18.8 Å². The highest BCUT2D eigenvalue weighted by atomic mass is 19.1. The van der Waals surface area contributed by atoms with Crippen molar-refractivity contribution in [3.8, 4) is 0 Å². The van der Waals surface area contributed by atoms with E-state index in [1.807, 2.05) is 0 Å². The molecule has 28 heavy (non-hydrogen) atoms. The summed E-state index contributed by atoms with van der Waals surface area (Å²) in [5.74, 6) is -1.44. The Morgan fingerprint density at radius 2 is 2.00 bits per heavy atom. The van der Waals surface area contributed by atoms with Gasteiger partial charge in [-0.3, -0.25) is 4.90 Å². The van der Waals surface area contributed by atoms with Crippen LogP contribution in [0.3, 0.4) is 0 Å². The molecule has 3 aliphatic rings. The molecule has 2 fully saturated rings. The van der Waals surface area contributed by atoms with Gasteiger partial charge in [0.25, 0.3) is 0 Å². The quantitative estimate of drug-likeness (QED) is 0.794. The number of benzene rings is 1. The van der Waals surface area contributed by atoms with Gasteiger partial charge in [0, 0.05) is 6.04 Å². The van der Waals surface area contributed by atoms with Crippen LogP contribution in [0.5, 0.6) is 0 Å². The molecule has 1 aromatic carbocycles. The van der Waals surface area contributed by atoms with Gasteiger partial charge in [-0.05, 0) is 61.8 Å². The van der Waals surface area contributed by atoms with E-state index in [0.717, 1.165) is 29.9 Å². The zero-order valence-corrected chi connectivity index (χ0v) is 15.2. The van der Waals surface area contributed by atoms with Crippen LogP contribution in [0.15, 0.2) is 18.2 Å². The van der Waals surface area contributed by atoms with Crippen molar-refractivity contribution < 1.29 is 33.5 Å². The summed E-state index contributed by atoms with van der Waals surface area (Å²) in [4.78, 5) is 42.7. The predicted molar refractivity (Wildman–Crippen MR) is 94.0 cm³/mol. The van der Waals surface area contributed by atoms with Crippen molar-refractivity contribution in [2.24, 2.45) is 5.92 Å². The Hall–Kier alpha value is -2.84. The summed E-state index contributed by atoms with van der Waals surface area (Å²) in [5.41, 5.74) is 1.33. The van der Waals surface area contributed by atoms with Crippen molar-refractivity contribution in [2.75, 3.05) is 11.5 Å². The second-order valence-electron chi connectivity index (χ2n) is 7.47. The number of hydrogen-bond acceptors (Lipinski definition) is 5. The first-order chi connectivity index (χ1) is 13.4. The lowest BCUT2D eigenvalue weighted by molar-refractivity contribution is -0.142. The van der Waals surface area contributed by atoms with Gasteiger partial charge in [0.05, 0.1) is 11.7 Å². The van der Waals surface area contributed by atoms with E-state index in [-0.39, 0.29) is 23.8 Å². The van der Waals surface area contributed by atoms with Crippen molar-refractivity contribution in [2.45, 2.75) is 50.6 Å². The Morgan fingerprint density at radius 1 is 1.21 bits per heavy atom. The molecule has 9 heteroatoms. The lowest BCUT2D eigenvalue weighted by atomic mass is 9.88. The molecule has 1 aromatic rings. The number of carbonyl (C=O) groups excluding carboxylic acids is 2. The first-order valence-corrected chi connectivity index (χ1v) is 9.41. The van der Waals surface area contributed by atoms with E-state index in [1.54, 1.807) is 6.07 Å². The smallest absolute Gasteiger partial charge is 0.444 e. The van der Waals surface area contributed by atoms with Gasteiger partial charge in [-0.2, -0.15) is 0 Å². The SMILES string of the molecule is O=C(O)COC(=O)N(OC(=O)N1c2ccc(F)cc2CC2CCCC21)C1CC1. The van der Waals surface area contributed by atoms with E-state index in [4.69, 9.17) is 9.94 Å². The first-order valence-electron chi connectivity index (χ1n) is 9.41. The summed E-state index contributed by atoms with van der Waals surface area (Å²) in [6, 6.07) is 3.91. The summed E-state index contributed by atoms with van der Waals surface area (Å²) in [6.07, 6.45) is 2.96. The normalized spacial score (nSPS) is 22.8. The Balaban J connectivity index is 1.55. The van der Waals surface area contributed by atoms with Crippen LogP contribution in [0.4, 0.5) is 19.7 Å². The van der Waals surface area contributed by atoms with Gasteiger partial charge in [0.2, 0.25) is 0 Å². The molecule has 4 rings (SSSR count). The summed E-state index contributed by atoms with van der Waals surface area (Å²) >= 11 is 0. The second-order valence-corrected chi connectivity index (χ2v) is 7.47. The Morgan fingerprint density at radius 3 is 2.71 bits per heavy atom. The summed E-state index contributed by atoms with van der Waals surface area (Å²) in [6.45, 7) is -0.809. The molecule has 2 unspecified atom stereocenters. The molecule has 0 bridgehead atoms. The molecule has 0 saturated heterocycles. The van der Waals surface area contributed by atoms with Gasteiger partial charge in [-0.25, -0.2) is 18.8 Å². The second kappa shape index (κ2) is 7.29. The van der Waals surface area contributed by atoms with Crippen LogP contribution in [0.1, 0.15) is 37.7 Å². The third kappa shape index (κ3) is 3.61. The van der Waals surface area contributed by atoms with Crippen LogP contribution in [-0.4, -0.2) is 47.0 Å². The van der Waals surface area contributed by atoms with Crippen LogP contribution in [0, 0.1) is 11.7 Å². The number of fused-ring (bicyclic) bond motifs is 2. The molecule has 0 spiro atoms. The van der Waals surface area contributed by atoms with Crippen LogP contribution in [-0.2, 0) is 20.8 Å². The van der Waals surface area contributed by atoms with Crippen molar-refractivity contribution in [1.29, 1.82) is 0 Å². The van der Waals surface area contributed by atoms with Crippen LogP contribution < -0.4 is 4.90 Å². The number of amides is 2. The monoisotopic (exact) mass is 392 g/mol. The van der Waals surface area contributed by atoms with Gasteiger partial charge in [-0.1, -0.05) is 6.42 Å². The number of carboxylic acid groups (broad SMARTS) is 1. The molecule has 2 aliphatic carbocycles. The minimum Gasteiger partial charge on any atom is -0.479 e. The Kier molecular flexibility index (Phi) is 4.82. The van der Waals surface area contributed by atoms with Crippen LogP contribution >= 0.6 is 0 Å². The van der Waals surface area contributed by atoms with Crippen LogP contribution in [0.2, 0.25) is 0 Å². The topological polar surface area (TPSA) is 96.4 Å². The van der Waals surface area contributed by atoms with Gasteiger partial charge >= 0.3 is 18.2 Å². The minimum atomic E-state index is -1.30. The largest absolute Gasteiger partial charge is 0.479 e. The van der Waals surface area contributed by atoms with Crippen LogP contribution in [0.25, 0.3) is 0 Å². The fourth-order valence-corrected chi connectivity index (χ4v) is 4.13. The fourth-order valence-electron chi connectivity index (χ4n) is 4.13. The third-order valence-corrected chi connectivity index (χ3v) is 5.48. The van der Waals surface area contributed by atoms with Crippen molar-refractivity contribution >= 4 is 23.8 Å². The van der Waals surface area contributed by atoms with E-state index < -0.39 is 24.8 Å². The number of anilines is 1. The van der Waals surface area contributed by atoms with Gasteiger partial charge in [0.1, 0.15) is 5.82 Å². The van der Waals surface area contributed by atoms with E-state index in [0.29, 0.717) is 24.9 Å². The molecule has 2 amide bonds. The highest BCUT2D eigenvalue weighted by Gasteiger charge is 2.44. The average molecular weight is 392 g/mol. The maximum absolute atomic E-state index is 13.7. The highest BCUT2D eigenvalue weighted by Crippen LogP contribution is 2.42. The first kappa shape index (κ1) is 18.5. The molecule has 1 heterocycles. The lowest BCUT2D eigenvalue weighted by Gasteiger charge is -2.38. The molecule has 150 valence electrons. The number of aliphatic carboxylic acids is 1. The van der Waals surface area contributed by atoms with E-state index in [1.165, 1.54) is 17.0 Å². The standard InChI is InChI=1S/C19H21FN2O6/c20-13-4-7-16-12(9-13)8-11-2-1-3-15(11)21(16)18(25)28-22(14-5-6-14)19(26)27-10-17(23)24/h4,7,9,11,14-15H,1-3,5-6,8,10H2,(H,23,24). The van der Waals surface area contributed by atoms with Crippen molar-refractivity contribution in [1.82, 2.24) is 5.06 Å². The number of carbonyl (C=O) groups is 3. The third-order valence-electron chi connectivity index (χ3n) is 5.48. The zero-order valence-electron chi connectivity index (χ0n) is 15.2. The summed E-state index contributed by atoms with van der Waals surface area (Å²) in [5, 5.41) is 9.50. The highest BCUT2D eigenvalue weighted by molar-refractivity contribution is 5.91. The van der Waals surface area contributed by atoms with Crippen molar-refractivity contribution in [3.05, 3.63) is 29.6 Å². The number of rotatable bonds is 3. The number of halogens is 1. The average Bonchev–Trinajstić information content (AvgIpc) is 3.39. The molecule has 2 saturated carbocycles. The zero-order chi connectivity index (χ0) is 19.8. The van der Waals surface area contributed by atoms with E-state index in [2.05, 4.69) is 4.74 Å².